The summed E-state index contributed by atoms with van der Waals surface area (Å²) >= 11 is 0. The normalized spacial score (nSPS) is 14.7. The van der Waals surface area contributed by atoms with E-state index in [1.807, 2.05) is 24.3 Å². The van der Waals surface area contributed by atoms with Gasteiger partial charge in [-0.2, -0.15) is 5.10 Å². The van der Waals surface area contributed by atoms with Crippen molar-refractivity contribution in [2.24, 2.45) is 5.73 Å². The fourth-order valence-electron chi connectivity index (χ4n) is 2.66. The topological polar surface area (TPSA) is 75.0 Å². The number of hydrogen-bond donors (Lipinski definition) is 2. The predicted molar refractivity (Wildman–Crippen MR) is 82.1 cm³/mol. The van der Waals surface area contributed by atoms with Gasteiger partial charge in [-0.25, -0.2) is 4.79 Å². The van der Waals surface area contributed by atoms with E-state index in [-0.39, 0.29) is 6.04 Å². The van der Waals surface area contributed by atoms with E-state index in [0.717, 1.165) is 43.6 Å². The molecule has 2 aromatic rings. The summed E-state index contributed by atoms with van der Waals surface area (Å²) in [5, 5.41) is 7.25. The second-order valence-electron chi connectivity index (χ2n) is 5.52. The monoisotopic (exact) mass is 284 g/mol. The van der Waals surface area contributed by atoms with E-state index in [2.05, 4.69) is 22.3 Å². The van der Waals surface area contributed by atoms with E-state index in [4.69, 9.17) is 5.73 Å². The molecule has 5 heteroatoms. The van der Waals surface area contributed by atoms with Gasteiger partial charge >= 0.3 is 6.03 Å². The Kier molecular flexibility index (Phi) is 3.90. The van der Waals surface area contributed by atoms with Crippen LogP contribution in [-0.4, -0.2) is 22.3 Å². The summed E-state index contributed by atoms with van der Waals surface area (Å²) in [6, 6.07) is 12.1. The number of primary amides is 1. The van der Waals surface area contributed by atoms with Gasteiger partial charge in [0.25, 0.3) is 0 Å². The number of H-pyrrole nitrogens is 1. The Morgan fingerprint density at radius 2 is 2.05 bits per heavy atom. The Bertz CT molecular complexity index is 604. The molecule has 1 saturated carbocycles. The van der Waals surface area contributed by atoms with E-state index in [0.29, 0.717) is 0 Å². The summed E-state index contributed by atoms with van der Waals surface area (Å²) in [4.78, 5) is 13.3. The van der Waals surface area contributed by atoms with Crippen LogP contribution in [0.1, 0.15) is 30.5 Å². The lowest BCUT2D eigenvalue weighted by atomic mass is 9.91. The highest BCUT2D eigenvalue weighted by atomic mass is 16.2. The van der Waals surface area contributed by atoms with Crippen LogP contribution in [0.4, 0.5) is 10.6 Å². The second kappa shape index (κ2) is 5.99. The van der Waals surface area contributed by atoms with Crippen molar-refractivity contribution in [2.45, 2.75) is 38.1 Å². The molecule has 21 heavy (non-hydrogen) atoms. The molecule has 3 rings (SSSR count). The summed E-state index contributed by atoms with van der Waals surface area (Å²) in [5.41, 5.74) is 7.74. The SMILES string of the molecule is NC(=O)N(c1cc(CCc2ccccc2)n[nH]1)C1CCC1. The average molecular weight is 284 g/mol. The molecule has 0 aliphatic heterocycles. The van der Waals surface area contributed by atoms with Gasteiger partial charge in [0.2, 0.25) is 0 Å². The molecule has 3 N–H and O–H groups in total. The highest BCUT2D eigenvalue weighted by molar-refractivity contribution is 5.90. The van der Waals surface area contributed by atoms with Crippen LogP contribution in [0.2, 0.25) is 0 Å². The number of carbonyl (C=O) groups excluding carboxylic acids is 1. The number of nitrogens with one attached hydrogen (secondary N) is 1. The van der Waals surface area contributed by atoms with Crippen molar-refractivity contribution in [3.05, 3.63) is 47.7 Å². The number of aromatic amines is 1. The van der Waals surface area contributed by atoms with Crippen LogP contribution >= 0.6 is 0 Å². The zero-order valence-electron chi connectivity index (χ0n) is 12.0. The van der Waals surface area contributed by atoms with Gasteiger partial charge < -0.3 is 5.73 Å². The highest BCUT2D eigenvalue weighted by Crippen LogP contribution is 2.28. The van der Waals surface area contributed by atoms with E-state index < -0.39 is 6.03 Å². The van der Waals surface area contributed by atoms with Crippen LogP contribution < -0.4 is 10.6 Å². The number of nitrogens with two attached hydrogens (primary N) is 1. The number of carbonyl (C=O) groups is 1. The third-order valence-electron chi connectivity index (χ3n) is 4.07. The van der Waals surface area contributed by atoms with Gasteiger partial charge in [-0.15, -0.1) is 0 Å². The first-order chi connectivity index (χ1) is 10.2. The van der Waals surface area contributed by atoms with Crippen molar-refractivity contribution in [3.63, 3.8) is 0 Å². The molecule has 1 aliphatic rings. The number of amides is 2. The average Bonchev–Trinajstić information content (AvgIpc) is 2.89. The first kappa shape index (κ1) is 13.7. The maximum absolute atomic E-state index is 11.6. The first-order valence-electron chi connectivity index (χ1n) is 7.41. The number of aromatic nitrogens is 2. The lowest BCUT2D eigenvalue weighted by molar-refractivity contribution is 0.246. The molecule has 5 nitrogen and oxygen atoms in total. The van der Waals surface area contributed by atoms with Crippen molar-refractivity contribution in [3.8, 4) is 0 Å². The van der Waals surface area contributed by atoms with Gasteiger partial charge in [0.05, 0.1) is 5.69 Å². The summed E-state index contributed by atoms with van der Waals surface area (Å²) in [6.45, 7) is 0. The van der Waals surface area contributed by atoms with Crippen LogP contribution in [-0.2, 0) is 12.8 Å². The molecule has 1 heterocycles. The number of anilines is 1. The van der Waals surface area contributed by atoms with Gasteiger partial charge in [-0.3, -0.25) is 10.00 Å². The Morgan fingerprint density at radius 1 is 1.29 bits per heavy atom. The van der Waals surface area contributed by atoms with Crippen LogP contribution in [0.25, 0.3) is 0 Å². The maximum atomic E-state index is 11.6. The quantitative estimate of drug-likeness (QED) is 0.885. The van der Waals surface area contributed by atoms with E-state index in [1.54, 1.807) is 4.90 Å². The minimum Gasteiger partial charge on any atom is -0.351 e. The molecule has 1 aromatic carbocycles. The van der Waals surface area contributed by atoms with Crippen LogP contribution in [0.15, 0.2) is 36.4 Å². The van der Waals surface area contributed by atoms with Gasteiger partial charge in [0.1, 0.15) is 5.82 Å². The van der Waals surface area contributed by atoms with Gasteiger partial charge in [-0.1, -0.05) is 30.3 Å². The van der Waals surface area contributed by atoms with Crippen LogP contribution in [0, 0.1) is 0 Å². The van der Waals surface area contributed by atoms with Crippen molar-refractivity contribution in [1.82, 2.24) is 10.2 Å². The molecular weight excluding hydrogens is 264 g/mol. The third kappa shape index (κ3) is 3.07. The summed E-state index contributed by atoms with van der Waals surface area (Å²) in [6.07, 6.45) is 4.97. The third-order valence-corrected chi connectivity index (χ3v) is 4.07. The molecule has 0 spiro atoms. The van der Waals surface area contributed by atoms with E-state index in [1.165, 1.54) is 5.56 Å². The number of hydrogen-bond acceptors (Lipinski definition) is 2. The number of aryl methyl sites for hydroxylation is 2. The molecule has 110 valence electrons. The largest absolute Gasteiger partial charge is 0.351 e. The van der Waals surface area contributed by atoms with Crippen molar-refractivity contribution >= 4 is 11.8 Å². The molecule has 0 radical (unpaired) electrons. The first-order valence-corrected chi connectivity index (χ1v) is 7.41. The van der Waals surface area contributed by atoms with Crippen molar-refractivity contribution in [2.75, 3.05) is 4.90 Å². The summed E-state index contributed by atoms with van der Waals surface area (Å²) < 4.78 is 0. The van der Waals surface area contributed by atoms with E-state index >= 15 is 0 Å². The molecule has 2 amide bonds. The van der Waals surface area contributed by atoms with E-state index in [9.17, 15) is 4.79 Å². The molecular formula is C16H20N4O. The molecule has 1 fully saturated rings. The lowest BCUT2D eigenvalue weighted by Gasteiger charge is -2.35. The number of urea groups is 1. The standard InChI is InChI=1S/C16H20N4O/c17-16(21)20(14-7-4-8-14)15-11-13(18-19-15)10-9-12-5-2-1-3-6-12/h1-3,5-6,11,14H,4,7-10H2,(H2,17,21)(H,18,19). The number of benzene rings is 1. The molecule has 1 aliphatic carbocycles. The fourth-order valence-corrected chi connectivity index (χ4v) is 2.66. The molecule has 1 aromatic heterocycles. The molecule has 0 saturated heterocycles. The van der Waals surface area contributed by atoms with Crippen molar-refractivity contribution < 1.29 is 4.79 Å². The predicted octanol–water partition coefficient (Wildman–Crippen LogP) is 2.63. The Balaban J connectivity index is 1.66. The minimum atomic E-state index is -0.405. The highest BCUT2D eigenvalue weighted by Gasteiger charge is 2.29. The lowest BCUT2D eigenvalue weighted by Crippen LogP contribution is -2.47. The zero-order chi connectivity index (χ0) is 14.7. The van der Waals surface area contributed by atoms with Gasteiger partial charge in [0, 0.05) is 12.1 Å². The smallest absolute Gasteiger partial charge is 0.320 e. The Labute approximate surface area is 124 Å². The van der Waals surface area contributed by atoms with Crippen LogP contribution in [0.3, 0.4) is 0 Å². The van der Waals surface area contributed by atoms with Gasteiger partial charge in [-0.05, 0) is 37.7 Å². The van der Waals surface area contributed by atoms with Crippen LogP contribution in [0.5, 0.6) is 0 Å². The summed E-state index contributed by atoms with van der Waals surface area (Å²) in [5.74, 6) is 0.718. The molecule has 0 unspecified atom stereocenters. The maximum Gasteiger partial charge on any atom is 0.320 e. The number of nitrogens with zero attached hydrogens (tertiary/aromatic N) is 2. The Morgan fingerprint density at radius 3 is 2.67 bits per heavy atom. The minimum absolute atomic E-state index is 0.227. The zero-order valence-corrected chi connectivity index (χ0v) is 12.0. The Hall–Kier alpha value is -2.30. The van der Waals surface area contributed by atoms with Gasteiger partial charge in [0.15, 0.2) is 0 Å². The molecule has 0 bridgehead atoms. The summed E-state index contributed by atoms with van der Waals surface area (Å²) in [7, 11) is 0. The van der Waals surface area contributed by atoms with Crippen molar-refractivity contribution in [1.29, 1.82) is 0 Å². The second-order valence-corrected chi connectivity index (χ2v) is 5.52. The number of rotatable bonds is 5. The molecule has 0 atom stereocenters. The fraction of sp³-hybridized carbons (Fsp3) is 0.375.